The minimum atomic E-state index is -4.10. The highest BCUT2D eigenvalue weighted by molar-refractivity contribution is 5.95. The Labute approximate surface area is 146 Å². The summed E-state index contributed by atoms with van der Waals surface area (Å²) in [6.45, 7) is -1.92. The minimum absolute atomic E-state index is 0.0421. The normalized spacial score (nSPS) is 18.4. The maximum Gasteiger partial charge on any atom is 0.329 e. The fourth-order valence-electron chi connectivity index (χ4n) is 3.02. The number of anilines is 1. The van der Waals surface area contributed by atoms with E-state index in [-0.39, 0.29) is 12.4 Å². The number of aromatic nitrogens is 2. The summed E-state index contributed by atoms with van der Waals surface area (Å²) < 4.78 is 60.1. The van der Waals surface area contributed by atoms with E-state index in [1.807, 2.05) is 30.3 Å². The van der Waals surface area contributed by atoms with Gasteiger partial charge < -0.3 is 9.64 Å². The Morgan fingerprint density at radius 1 is 0.962 bits per heavy atom. The summed E-state index contributed by atoms with van der Waals surface area (Å²) in [5.41, 5.74) is 1.46. The van der Waals surface area contributed by atoms with Crippen LogP contribution < -0.4 is 9.64 Å². The van der Waals surface area contributed by atoms with E-state index in [4.69, 9.17) is 4.74 Å². The van der Waals surface area contributed by atoms with Crippen LogP contribution in [0.4, 0.5) is 23.4 Å². The first kappa shape index (κ1) is 16.7. The smallest absolute Gasteiger partial charge is 0.329 e. The molecule has 1 fully saturated rings. The summed E-state index contributed by atoms with van der Waals surface area (Å²) in [4.78, 5) is 0.897. The summed E-state index contributed by atoms with van der Waals surface area (Å²) in [6, 6.07) is 14.5. The fourth-order valence-corrected chi connectivity index (χ4v) is 3.02. The molecule has 2 aromatic carbocycles. The lowest BCUT2D eigenvalue weighted by atomic mass is 10.2. The lowest BCUT2D eigenvalue weighted by molar-refractivity contribution is -0.172. The number of aromatic amines is 1. The number of rotatable bonds is 4. The van der Waals surface area contributed by atoms with Crippen molar-refractivity contribution >= 4 is 16.7 Å². The van der Waals surface area contributed by atoms with Crippen molar-refractivity contribution in [2.75, 3.05) is 18.0 Å². The summed E-state index contributed by atoms with van der Waals surface area (Å²) in [5, 5.41) is 7.09. The van der Waals surface area contributed by atoms with E-state index in [9.17, 15) is 17.6 Å². The van der Waals surface area contributed by atoms with Gasteiger partial charge in [-0.25, -0.2) is 0 Å². The van der Waals surface area contributed by atoms with Crippen molar-refractivity contribution in [3.63, 3.8) is 0 Å². The molecular formula is C18H15F4N3O. The zero-order valence-corrected chi connectivity index (χ0v) is 13.6. The number of alkyl halides is 4. The third kappa shape index (κ3) is 2.75. The molecule has 0 unspecified atom stereocenters. The average Bonchev–Trinajstić information content (AvgIpc) is 3.12. The lowest BCUT2D eigenvalue weighted by Gasteiger charge is -2.15. The molecule has 1 aliphatic rings. The monoisotopic (exact) mass is 365 g/mol. The van der Waals surface area contributed by atoms with E-state index in [1.165, 1.54) is 0 Å². The van der Waals surface area contributed by atoms with Gasteiger partial charge in [-0.15, -0.1) is 0 Å². The number of benzene rings is 2. The molecule has 8 heteroatoms. The molecule has 1 N–H and O–H groups in total. The molecule has 136 valence electrons. The second-order valence-corrected chi connectivity index (χ2v) is 6.27. The van der Waals surface area contributed by atoms with Gasteiger partial charge in [0.2, 0.25) is 0 Å². The topological polar surface area (TPSA) is 41.2 Å². The van der Waals surface area contributed by atoms with E-state index >= 15 is 0 Å². The van der Waals surface area contributed by atoms with Crippen LogP contribution in [0.1, 0.15) is 5.56 Å². The number of fused-ring (bicyclic) bond motifs is 1. The van der Waals surface area contributed by atoms with Crippen LogP contribution in [0.2, 0.25) is 0 Å². The van der Waals surface area contributed by atoms with E-state index in [0.717, 1.165) is 10.5 Å². The van der Waals surface area contributed by atoms with Gasteiger partial charge in [-0.3, -0.25) is 5.10 Å². The Morgan fingerprint density at radius 2 is 1.65 bits per heavy atom. The summed E-state index contributed by atoms with van der Waals surface area (Å²) in [7, 11) is 0. The quantitative estimate of drug-likeness (QED) is 0.704. The first-order chi connectivity index (χ1) is 12.4. The van der Waals surface area contributed by atoms with Gasteiger partial charge in [0.1, 0.15) is 12.4 Å². The molecule has 0 saturated carbocycles. The second-order valence-electron chi connectivity index (χ2n) is 6.27. The lowest BCUT2D eigenvalue weighted by Crippen LogP contribution is -2.38. The van der Waals surface area contributed by atoms with Gasteiger partial charge in [0, 0.05) is 0 Å². The van der Waals surface area contributed by atoms with Gasteiger partial charge >= 0.3 is 11.8 Å². The van der Waals surface area contributed by atoms with E-state index in [1.54, 1.807) is 18.2 Å². The molecule has 1 saturated heterocycles. The number of halogens is 4. The molecule has 26 heavy (non-hydrogen) atoms. The Morgan fingerprint density at radius 3 is 2.35 bits per heavy atom. The van der Waals surface area contributed by atoms with Crippen molar-refractivity contribution in [2.24, 2.45) is 0 Å². The van der Waals surface area contributed by atoms with Crippen molar-refractivity contribution in [1.82, 2.24) is 10.2 Å². The Balaban J connectivity index is 1.67. The first-order valence-corrected chi connectivity index (χ1v) is 8.02. The SMILES string of the molecule is FC1(F)CN(c2n[nH]c3cccc(OCc4ccccc4)c23)CC1(F)F. The van der Waals surface area contributed by atoms with Crippen molar-refractivity contribution in [1.29, 1.82) is 0 Å². The van der Waals surface area contributed by atoms with Gasteiger partial charge in [0.25, 0.3) is 0 Å². The predicted molar refractivity (Wildman–Crippen MR) is 89.0 cm³/mol. The Hall–Kier alpha value is -2.77. The standard InChI is InChI=1S/C18H15F4N3O/c19-17(20)10-25(11-18(17,21)22)16-15-13(23-24-16)7-4-8-14(15)26-9-12-5-2-1-3-6-12/h1-8H,9-11H2,(H,23,24). The van der Waals surface area contributed by atoms with Crippen molar-refractivity contribution in [2.45, 2.75) is 18.5 Å². The van der Waals surface area contributed by atoms with Crippen molar-refractivity contribution < 1.29 is 22.3 Å². The van der Waals surface area contributed by atoms with Crippen LogP contribution in [0.15, 0.2) is 48.5 Å². The molecule has 4 rings (SSSR count). The highest BCUT2D eigenvalue weighted by Crippen LogP contribution is 2.44. The Bertz CT molecular complexity index is 911. The van der Waals surface area contributed by atoms with Crippen LogP contribution in [-0.2, 0) is 6.61 Å². The maximum atomic E-state index is 13.6. The largest absolute Gasteiger partial charge is 0.488 e. The maximum absolute atomic E-state index is 13.6. The summed E-state index contributed by atoms with van der Waals surface area (Å²) in [5.74, 6) is -7.76. The molecule has 1 aromatic heterocycles. The molecule has 0 aliphatic carbocycles. The number of nitrogens with zero attached hydrogens (tertiary/aromatic N) is 2. The number of H-pyrrole nitrogens is 1. The van der Waals surface area contributed by atoms with Crippen LogP contribution in [0.25, 0.3) is 10.9 Å². The molecule has 4 nitrogen and oxygen atoms in total. The molecule has 0 atom stereocenters. The van der Waals surface area contributed by atoms with E-state index in [0.29, 0.717) is 16.7 Å². The van der Waals surface area contributed by atoms with Crippen LogP contribution in [0.5, 0.6) is 5.75 Å². The van der Waals surface area contributed by atoms with Gasteiger partial charge in [0.15, 0.2) is 5.82 Å². The molecule has 0 amide bonds. The summed E-state index contributed by atoms with van der Waals surface area (Å²) in [6.07, 6.45) is 0. The highest BCUT2D eigenvalue weighted by atomic mass is 19.3. The average molecular weight is 365 g/mol. The number of hydrogen-bond acceptors (Lipinski definition) is 3. The van der Waals surface area contributed by atoms with Crippen molar-refractivity contribution in [3.8, 4) is 5.75 Å². The van der Waals surface area contributed by atoms with E-state index in [2.05, 4.69) is 10.2 Å². The van der Waals surface area contributed by atoms with Crippen LogP contribution in [0.3, 0.4) is 0 Å². The van der Waals surface area contributed by atoms with Crippen LogP contribution in [-0.4, -0.2) is 35.1 Å². The highest BCUT2D eigenvalue weighted by Gasteiger charge is 2.63. The predicted octanol–water partition coefficient (Wildman–Crippen LogP) is 4.23. The van der Waals surface area contributed by atoms with E-state index < -0.39 is 24.9 Å². The zero-order chi connectivity index (χ0) is 18.4. The Kier molecular flexibility index (Phi) is 3.78. The number of ether oxygens (including phenoxy) is 1. The number of nitrogens with one attached hydrogen (secondary N) is 1. The molecule has 1 aliphatic heterocycles. The third-order valence-electron chi connectivity index (χ3n) is 4.38. The van der Waals surface area contributed by atoms with Gasteiger partial charge in [-0.1, -0.05) is 36.4 Å². The van der Waals surface area contributed by atoms with Gasteiger partial charge in [-0.05, 0) is 17.7 Å². The molecular weight excluding hydrogens is 350 g/mol. The van der Waals surface area contributed by atoms with Gasteiger partial charge in [0.05, 0.1) is 24.0 Å². The second kappa shape index (κ2) is 5.89. The zero-order valence-electron chi connectivity index (χ0n) is 13.6. The molecule has 0 spiro atoms. The van der Waals surface area contributed by atoms with Crippen molar-refractivity contribution in [3.05, 3.63) is 54.1 Å². The molecule has 2 heterocycles. The molecule has 0 radical (unpaired) electrons. The van der Waals surface area contributed by atoms with Gasteiger partial charge in [-0.2, -0.15) is 22.7 Å². The van der Waals surface area contributed by atoms with Crippen LogP contribution >= 0.6 is 0 Å². The first-order valence-electron chi connectivity index (χ1n) is 8.02. The molecule has 0 bridgehead atoms. The minimum Gasteiger partial charge on any atom is -0.488 e. The number of hydrogen-bond donors (Lipinski definition) is 1. The fraction of sp³-hybridized carbons (Fsp3) is 0.278. The van der Waals surface area contributed by atoms with Crippen LogP contribution in [0, 0.1) is 0 Å². The third-order valence-corrected chi connectivity index (χ3v) is 4.38. The molecule has 3 aromatic rings. The summed E-state index contributed by atoms with van der Waals surface area (Å²) >= 11 is 0.